The Balaban J connectivity index is 0.00000180. The van der Waals surface area contributed by atoms with Gasteiger partial charge in [0.15, 0.2) is 0 Å². The van der Waals surface area contributed by atoms with E-state index in [1.807, 2.05) is 18.2 Å². The van der Waals surface area contributed by atoms with Crippen LogP contribution in [0.3, 0.4) is 0 Å². The SMILES string of the molecule is C[CH2][Al]([CH2]C)[N]1CCC(O)(c2ccccc2)CC1.Cl. The third kappa shape index (κ3) is 3.97. The number of halogens is 1. The number of hydrogen-bond acceptors (Lipinski definition) is 2. The second kappa shape index (κ2) is 7.67. The van der Waals surface area contributed by atoms with E-state index in [4.69, 9.17) is 0 Å². The molecule has 1 N–H and O–H groups in total. The molecule has 0 bridgehead atoms. The molecular weight excluding hydrogens is 273 g/mol. The Labute approximate surface area is 127 Å². The van der Waals surface area contributed by atoms with Crippen LogP contribution in [0.5, 0.6) is 0 Å². The molecule has 0 unspecified atom stereocenters. The number of piperidine rings is 1. The van der Waals surface area contributed by atoms with Gasteiger partial charge in [-0.1, -0.05) is 54.7 Å². The quantitative estimate of drug-likeness (QED) is 0.861. The predicted octanol–water partition coefficient (Wildman–Crippen LogP) is 3.42. The van der Waals surface area contributed by atoms with E-state index in [2.05, 4.69) is 29.9 Å². The fourth-order valence-corrected chi connectivity index (χ4v) is 5.70. The Morgan fingerprint density at radius 2 is 1.63 bits per heavy atom. The minimum absolute atomic E-state index is 0. The lowest BCUT2D eigenvalue weighted by Gasteiger charge is -2.41. The van der Waals surface area contributed by atoms with Gasteiger partial charge in [-0.25, -0.2) is 0 Å². The Morgan fingerprint density at radius 1 is 1.11 bits per heavy atom. The molecule has 2 nitrogen and oxygen atoms in total. The Hall–Kier alpha value is -0.0375. The fraction of sp³-hybridized carbons (Fsp3) is 0.600. The van der Waals surface area contributed by atoms with Crippen molar-refractivity contribution in [1.29, 1.82) is 0 Å². The van der Waals surface area contributed by atoms with Gasteiger partial charge in [-0.3, -0.25) is 0 Å². The molecule has 1 aromatic carbocycles. The zero-order valence-electron chi connectivity index (χ0n) is 12.0. The van der Waals surface area contributed by atoms with Gasteiger partial charge in [0, 0.05) is 0 Å². The highest BCUT2D eigenvalue weighted by atomic mass is 35.5. The maximum absolute atomic E-state index is 10.8. The molecule has 1 saturated heterocycles. The second-order valence-electron chi connectivity index (χ2n) is 5.40. The minimum Gasteiger partial charge on any atom is -0.385 e. The molecular formula is C15H25AlClNO. The van der Waals surface area contributed by atoms with Gasteiger partial charge in [-0.2, -0.15) is 0 Å². The summed E-state index contributed by atoms with van der Waals surface area (Å²) in [5.74, 6) is 0. The summed E-state index contributed by atoms with van der Waals surface area (Å²) < 4.78 is 2.68. The molecule has 0 amide bonds. The molecule has 4 heteroatoms. The Kier molecular flexibility index (Phi) is 6.87. The summed E-state index contributed by atoms with van der Waals surface area (Å²) in [5, 5.41) is 13.5. The van der Waals surface area contributed by atoms with Crippen molar-refractivity contribution in [1.82, 2.24) is 3.88 Å². The van der Waals surface area contributed by atoms with Gasteiger partial charge in [0.1, 0.15) is 0 Å². The standard InChI is InChI=1S/C11H14NO.2C2H5.Al.ClH/c13-11(6-8-12-9-7-11)10-4-2-1-3-5-10;2*1-2;;/h1-5,13H,6-9H2;2*1H2,2H3;;1H/q-1;;;+1;. The highest BCUT2D eigenvalue weighted by Gasteiger charge is 2.36. The van der Waals surface area contributed by atoms with E-state index in [-0.39, 0.29) is 12.4 Å². The van der Waals surface area contributed by atoms with Gasteiger partial charge in [-0.05, 0) is 31.5 Å². The molecule has 19 heavy (non-hydrogen) atoms. The van der Waals surface area contributed by atoms with E-state index in [1.165, 1.54) is 10.6 Å². The first-order valence-electron chi connectivity index (χ1n) is 7.21. The molecule has 2 rings (SSSR count). The van der Waals surface area contributed by atoms with Gasteiger partial charge in [0.2, 0.25) is 0 Å². The third-order valence-corrected chi connectivity index (χ3v) is 7.83. The first-order valence-corrected chi connectivity index (χ1v) is 9.36. The number of rotatable bonds is 4. The lowest BCUT2D eigenvalue weighted by Crippen LogP contribution is -2.48. The molecule has 1 aromatic rings. The lowest BCUT2D eigenvalue weighted by atomic mass is 9.85. The number of hydrogen-bond donors (Lipinski definition) is 1. The average molecular weight is 298 g/mol. The highest BCUT2D eigenvalue weighted by molar-refractivity contribution is 6.55. The molecule has 0 radical (unpaired) electrons. The maximum Gasteiger partial charge on any atom is 0.372 e. The third-order valence-electron chi connectivity index (χ3n) is 4.40. The lowest BCUT2D eigenvalue weighted by molar-refractivity contribution is -0.0110. The molecule has 1 aliphatic rings. The zero-order valence-corrected chi connectivity index (χ0v) is 14.0. The topological polar surface area (TPSA) is 23.5 Å². The van der Waals surface area contributed by atoms with Crippen LogP contribution in [0.4, 0.5) is 0 Å². The summed E-state index contributed by atoms with van der Waals surface area (Å²) in [5.41, 5.74) is 0.508. The molecule has 1 heterocycles. The predicted molar refractivity (Wildman–Crippen MR) is 85.1 cm³/mol. The zero-order chi connectivity index (χ0) is 13.0. The summed E-state index contributed by atoms with van der Waals surface area (Å²) in [6.45, 7) is 6.78. The summed E-state index contributed by atoms with van der Waals surface area (Å²) in [6.07, 6.45) is 1.78. The van der Waals surface area contributed by atoms with Crippen molar-refractivity contribution in [2.75, 3.05) is 13.1 Å². The summed E-state index contributed by atoms with van der Waals surface area (Å²) in [7, 11) is 0. The normalized spacial score (nSPS) is 18.7. The maximum atomic E-state index is 10.8. The molecule has 106 valence electrons. The molecule has 0 aliphatic carbocycles. The van der Waals surface area contributed by atoms with E-state index in [0.717, 1.165) is 31.5 Å². The molecule has 1 aliphatic heterocycles. The largest absolute Gasteiger partial charge is 0.385 e. The summed E-state index contributed by atoms with van der Waals surface area (Å²) in [6, 6.07) is 10.2. The van der Waals surface area contributed by atoms with E-state index >= 15 is 0 Å². The van der Waals surface area contributed by atoms with Gasteiger partial charge in [0.25, 0.3) is 0 Å². The van der Waals surface area contributed by atoms with Crippen LogP contribution >= 0.6 is 12.4 Å². The minimum atomic E-state index is -0.703. The second-order valence-corrected chi connectivity index (χ2v) is 9.07. The van der Waals surface area contributed by atoms with Gasteiger partial charge < -0.3 is 8.99 Å². The average Bonchev–Trinajstić information content (AvgIpc) is 2.43. The van der Waals surface area contributed by atoms with Crippen LogP contribution in [0.1, 0.15) is 32.3 Å². The molecule has 1 fully saturated rings. The van der Waals surface area contributed by atoms with Crippen molar-refractivity contribution < 1.29 is 5.11 Å². The number of aliphatic hydroxyl groups is 1. The van der Waals surface area contributed by atoms with Crippen LogP contribution in [0.15, 0.2) is 30.3 Å². The first kappa shape index (κ1) is 17.0. The Bertz CT molecular complexity index is 362. The number of nitrogens with zero attached hydrogens (tertiary/aromatic N) is 1. The van der Waals surface area contributed by atoms with Crippen molar-refractivity contribution >= 4 is 26.8 Å². The van der Waals surface area contributed by atoms with Gasteiger partial charge in [0.05, 0.1) is 5.60 Å². The molecule has 0 saturated carbocycles. The van der Waals surface area contributed by atoms with E-state index in [1.54, 1.807) is 0 Å². The molecule has 0 spiro atoms. The summed E-state index contributed by atoms with van der Waals surface area (Å²) >= 11 is -0.703. The van der Waals surface area contributed by atoms with Crippen molar-refractivity contribution in [3.63, 3.8) is 0 Å². The van der Waals surface area contributed by atoms with E-state index in [0.29, 0.717) is 0 Å². The van der Waals surface area contributed by atoms with Crippen LogP contribution in [0.2, 0.25) is 10.6 Å². The van der Waals surface area contributed by atoms with Crippen molar-refractivity contribution in [2.24, 2.45) is 0 Å². The van der Waals surface area contributed by atoms with Crippen LogP contribution in [0.25, 0.3) is 0 Å². The van der Waals surface area contributed by atoms with Crippen LogP contribution < -0.4 is 0 Å². The van der Waals surface area contributed by atoms with E-state index < -0.39 is 20.0 Å². The van der Waals surface area contributed by atoms with Gasteiger partial charge in [-0.15, -0.1) is 12.4 Å². The van der Waals surface area contributed by atoms with Crippen molar-refractivity contribution in [3.8, 4) is 0 Å². The van der Waals surface area contributed by atoms with Crippen LogP contribution in [0, 0.1) is 0 Å². The summed E-state index contributed by atoms with van der Waals surface area (Å²) in [4.78, 5) is 0. The fourth-order valence-electron chi connectivity index (χ4n) is 3.10. The van der Waals surface area contributed by atoms with Crippen LogP contribution in [-0.2, 0) is 5.60 Å². The monoisotopic (exact) mass is 297 g/mol. The molecule has 0 aromatic heterocycles. The van der Waals surface area contributed by atoms with E-state index in [9.17, 15) is 5.11 Å². The van der Waals surface area contributed by atoms with Crippen LogP contribution in [-0.4, -0.2) is 36.4 Å². The van der Waals surface area contributed by atoms with Crippen molar-refractivity contribution in [3.05, 3.63) is 35.9 Å². The number of benzene rings is 1. The smallest absolute Gasteiger partial charge is 0.372 e. The van der Waals surface area contributed by atoms with Crippen molar-refractivity contribution in [2.45, 2.75) is 42.9 Å². The van der Waals surface area contributed by atoms with Gasteiger partial charge >= 0.3 is 14.4 Å². The molecule has 0 atom stereocenters. The first-order chi connectivity index (χ1) is 8.69. The Morgan fingerprint density at radius 3 is 2.11 bits per heavy atom. The highest BCUT2D eigenvalue weighted by Crippen LogP contribution is 2.33.